The lowest BCUT2D eigenvalue weighted by molar-refractivity contribution is -0.116. The zero-order valence-electron chi connectivity index (χ0n) is 23.3. The number of thioether (sulfide) groups is 1. The van der Waals surface area contributed by atoms with Crippen molar-refractivity contribution in [2.75, 3.05) is 5.32 Å². The van der Waals surface area contributed by atoms with Gasteiger partial charge in [0.1, 0.15) is 0 Å². The number of amides is 1. The zero-order chi connectivity index (χ0) is 26.7. The monoisotopic (exact) mass is 537 g/mol. The normalized spacial score (nSPS) is 30.2. The van der Waals surface area contributed by atoms with Gasteiger partial charge >= 0.3 is 0 Å². The standard InChI is InChI=1S/C34H39N3OS/c1-4-23-5-9-29(10-6-23)35-33-36-32(38)31(39-33)17-27-13-21(2)37(22(27)3)30-11-7-28(8-12-30)34-18-24-14-25(19-34)16-26(15-24)20-34/h5-13,17,24-26,33,35H,4,14-16,18-20H2,1-3H3,(H,36,38)/b31-17-/t24?,25?,26?,33-,34?/m1/s1. The first-order valence-electron chi connectivity index (χ1n) is 14.7. The number of nitrogens with zero attached hydrogens (tertiary/aromatic N) is 1. The molecule has 5 heteroatoms. The van der Waals surface area contributed by atoms with Crippen LogP contribution < -0.4 is 10.6 Å². The van der Waals surface area contributed by atoms with Crippen LogP contribution in [0.25, 0.3) is 11.8 Å². The van der Waals surface area contributed by atoms with Gasteiger partial charge in [0.25, 0.3) is 5.91 Å². The fourth-order valence-corrected chi connectivity index (χ4v) is 9.43. The summed E-state index contributed by atoms with van der Waals surface area (Å²) >= 11 is 1.55. The average molecular weight is 538 g/mol. The second-order valence-electron chi connectivity index (χ2n) is 12.6. The van der Waals surface area contributed by atoms with Gasteiger partial charge in [0.15, 0.2) is 5.50 Å². The molecule has 3 aromatic rings. The molecule has 5 aliphatic rings. The van der Waals surface area contributed by atoms with E-state index in [1.807, 2.05) is 6.08 Å². The number of hydrogen-bond donors (Lipinski definition) is 2. The Bertz CT molecular complexity index is 1400. The molecule has 2 N–H and O–H groups in total. The molecule has 2 aromatic carbocycles. The number of aryl methyl sites for hydroxylation is 2. The highest BCUT2D eigenvalue weighted by Gasteiger charge is 2.51. The van der Waals surface area contributed by atoms with Gasteiger partial charge in [-0.15, -0.1) is 0 Å². The van der Waals surface area contributed by atoms with Gasteiger partial charge in [0.05, 0.1) is 4.91 Å². The van der Waals surface area contributed by atoms with E-state index in [4.69, 9.17) is 0 Å². The van der Waals surface area contributed by atoms with Crippen molar-refractivity contribution in [1.82, 2.24) is 9.88 Å². The lowest BCUT2D eigenvalue weighted by Gasteiger charge is -2.57. The van der Waals surface area contributed by atoms with Crippen molar-refractivity contribution in [2.45, 2.75) is 76.6 Å². The number of benzene rings is 2. The quantitative estimate of drug-likeness (QED) is 0.316. The molecule has 1 aromatic heterocycles. The molecule has 1 atom stereocenters. The first-order chi connectivity index (χ1) is 18.9. The second kappa shape index (κ2) is 9.62. The minimum atomic E-state index is -0.170. The Labute approximate surface area is 236 Å². The summed E-state index contributed by atoms with van der Waals surface area (Å²) in [6.45, 7) is 6.48. The molecule has 1 amide bonds. The van der Waals surface area contributed by atoms with Crippen molar-refractivity contribution >= 4 is 29.4 Å². The Balaban J connectivity index is 1.09. The Morgan fingerprint density at radius 2 is 1.62 bits per heavy atom. The van der Waals surface area contributed by atoms with Crippen LogP contribution in [0.1, 0.15) is 73.5 Å². The molecule has 4 saturated carbocycles. The molecule has 5 fully saturated rings. The van der Waals surface area contributed by atoms with Crippen LogP contribution in [0.4, 0.5) is 5.69 Å². The number of carbonyl (C=O) groups is 1. The smallest absolute Gasteiger partial charge is 0.260 e. The topological polar surface area (TPSA) is 46.1 Å². The van der Waals surface area contributed by atoms with Crippen molar-refractivity contribution in [3.05, 3.63) is 87.6 Å². The lowest BCUT2D eigenvalue weighted by atomic mass is 9.48. The molecule has 4 nitrogen and oxygen atoms in total. The van der Waals surface area contributed by atoms with Crippen molar-refractivity contribution in [2.24, 2.45) is 17.8 Å². The average Bonchev–Trinajstić information content (AvgIpc) is 3.40. The van der Waals surface area contributed by atoms with Gasteiger partial charge in [0, 0.05) is 22.8 Å². The van der Waals surface area contributed by atoms with E-state index in [0.29, 0.717) is 5.41 Å². The maximum atomic E-state index is 12.8. The van der Waals surface area contributed by atoms with Crippen LogP contribution in [0.3, 0.4) is 0 Å². The molecule has 0 unspecified atom stereocenters. The highest BCUT2D eigenvalue weighted by molar-refractivity contribution is 8.05. The van der Waals surface area contributed by atoms with E-state index in [9.17, 15) is 4.79 Å². The maximum Gasteiger partial charge on any atom is 0.260 e. The van der Waals surface area contributed by atoms with Crippen molar-refractivity contribution < 1.29 is 4.79 Å². The second-order valence-corrected chi connectivity index (χ2v) is 13.7. The summed E-state index contributed by atoms with van der Waals surface area (Å²) < 4.78 is 2.33. The number of rotatable bonds is 6. The molecule has 39 heavy (non-hydrogen) atoms. The summed E-state index contributed by atoms with van der Waals surface area (Å²) in [6, 6.07) is 20.1. The summed E-state index contributed by atoms with van der Waals surface area (Å²) in [5, 5.41) is 6.50. The van der Waals surface area contributed by atoms with Gasteiger partial charge in [-0.2, -0.15) is 0 Å². The van der Waals surface area contributed by atoms with E-state index in [2.05, 4.69) is 90.6 Å². The van der Waals surface area contributed by atoms with E-state index in [0.717, 1.165) is 40.3 Å². The number of aromatic nitrogens is 1. The van der Waals surface area contributed by atoms with Gasteiger partial charge in [-0.05, 0) is 135 Å². The van der Waals surface area contributed by atoms with Crippen LogP contribution >= 0.6 is 11.8 Å². The summed E-state index contributed by atoms with van der Waals surface area (Å²) in [4.78, 5) is 13.6. The van der Waals surface area contributed by atoms with Gasteiger partial charge in [-0.3, -0.25) is 4.79 Å². The summed E-state index contributed by atoms with van der Waals surface area (Å²) in [5.74, 6) is 2.86. The molecule has 2 heterocycles. The fourth-order valence-electron chi connectivity index (χ4n) is 8.45. The van der Waals surface area contributed by atoms with Crippen molar-refractivity contribution in [3.8, 4) is 5.69 Å². The molecule has 0 radical (unpaired) electrons. The highest BCUT2D eigenvalue weighted by Crippen LogP contribution is 2.60. The minimum absolute atomic E-state index is 0.0209. The third-order valence-corrected chi connectivity index (χ3v) is 11.0. The first kappa shape index (κ1) is 25.1. The Morgan fingerprint density at radius 3 is 2.23 bits per heavy atom. The molecule has 1 saturated heterocycles. The molecule has 8 rings (SSSR count). The minimum Gasteiger partial charge on any atom is -0.357 e. The van der Waals surface area contributed by atoms with Gasteiger partial charge in [-0.1, -0.05) is 43.0 Å². The van der Waals surface area contributed by atoms with Gasteiger partial charge < -0.3 is 15.2 Å². The number of nitrogens with one attached hydrogen (secondary N) is 2. The van der Waals surface area contributed by atoms with Crippen LogP contribution in [0.2, 0.25) is 0 Å². The predicted molar refractivity (Wildman–Crippen MR) is 162 cm³/mol. The largest absolute Gasteiger partial charge is 0.357 e. The molecule has 202 valence electrons. The van der Waals surface area contributed by atoms with Crippen LogP contribution in [-0.4, -0.2) is 16.0 Å². The van der Waals surface area contributed by atoms with Crippen LogP contribution in [-0.2, 0) is 16.6 Å². The van der Waals surface area contributed by atoms with Crippen LogP contribution in [0.5, 0.6) is 0 Å². The van der Waals surface area contributed by atoms with Gasteiger partial charge in [0.2, 0.25) is 0 Å². The zero-order valence-corrected chi connectivity index (χ0v) is 24.1. The predicted octanol–water partition coefficient (Wildman–Crippen LogP) is 7.72. The molecule has 4 aliphatic carbocycles. The maximum absolute atomic E-state index is 12.8. The summed E-state index contributed by atoms with van der Waals surface area (Å²) in [7, 11) is 0. The third kappa shape index (κ3) is 4.53. The molecular weight excluding hydrogens is 498 g/mol. The van der Waals surface area contributed by atoms with Crippen LogP contribution in [0.15, 0.2) is 59.5 Å². The lowest BCUT2D eigenvalue weighted by Crippen LogP contribution is -2.48. The van der Waals surface area contributed by atoms with E-state index in [-0.39, 0.29) is 11.4 Å². The van der Waals surface area contributed by atoms with E-state index in [1.165, 1.54) is 61.2 Å². The molecule has 4 bridgehead atoms. The molecule has 0 spiro atoms. The SMILES string of the molecule is CCc1ccc(N[C@@H]2NC(=O)/C(=C/c3cc(C)n(-c4ccc(C56CC7CC(CC(C7)C5)C6)cc4)c3C)S2)cc1. The number of carbonyl (C=O) groups excluding carboxylic acids is 1. The third-order valence-electron chi connectivity index (χ3n) is 9.92. The summed E-state index contributed by atoms with van der Waals surface area (Å²) in [6.07, 6.45) is 11.7. The molecule has 1 aliphatic heterocycles. The Hall–Kier alpha value is -2.92. The molecular formula is C34H39N3OS. The number of anilines is 1. The van der Waals surface area contributed by atoms with E-state index in [1.54, 1.807) is 17.3 Å². The fraction of sp³-hybridized carbons (Fsp3) is 0.441. The van der Waals surface area contributed by atoms with E-state index < -0.39 is 0 Å². The summed E-state index contributed by atoms with van der Waals surface area (Å²) in [5.41, 5.74) is 8.82. The Morgan fingerprint density at radius 1 is 0.974 bits per heavy atom. The Kier molecular flexibility index (Phi) is 6.18. The van der Waals surface area contributed by atoms with E-state index >= 15 is 0 Å². The highest BCUT2D eigenvalue weighted by atomic mass is 32.2. The number of hydrogen-bond acceptors (Lipinski definition) is 3. The van der Waals surface area contributed by atoms with Crippen molar-refractivity contribution in [3.63, 3.8) is 0 Å². The van der Waals surface area contributed by atoms with Gasteiger partial charge in [-0.25, -0.2) is 0 Å². The van der Waals surface area contributed by atoms with Crippen LogP contribution in [0, 0.1) is 31.6 Å². The van der Waals surface area contributed by atoms with Crippen molar-refractivity contribution in [1.29, 1.82) is 0 Å². The first-order valence-corrected chi connectivity index (χ1v) is 15.6.